The average molecular weight is 359 g/mol. The van der Waals surface area contributed by atoms with Gasteiger partial charge in [-0.25, -0.2) is 0 Å². The molecule has 1 N–H and O–H groups in total. The van der Waals surface area contributed by atoms with E-state index in [0.717, 1.165) is 11.3 Å². The highest BCUT2D eigenvalue weighted by Crippen LogP contribution is 2.25. The maximum absolute atomic E-state index is 12.9. The molecule has 1 fully saturated rings. The topological polar surface area (TPSA) is 72.1 Å². The first-order chi connectivity index (χ1) is 12.4. The summed E-state index contributed by atoms with van der Waals surface area (Å²) in [4.78, 5) is 14.6. The van der Waals surface area contributed by atoms with Crippen LogP contribution in [0, 0.1) is 6.92 Å². The number of furan rings is 1. The van der Waals surface area contributed by atoms with Crippen LogP contribution in [0.3, 0.4) is 0 Å². The smallest absolute Gasteiger partial charge is 0.290 e. The molecule has 0 radical (unpaired) electrons. The molecule has 1 aromatic heterocycles. The lowest BCUT2D eigenvalue weighted by atomic mass is 10.0. The predicted octanol–water partition coefficient (Wildman–Crippen LogP) is 2.78. The number of carbonyl (C=O) groups is 1. The van der Waals surface area contributed by atoms with Crippen molar-refractivity contribution in [1.29, 1.82) is 0 Å². The number of para-hydroxylation sites is 1. The fourth-order valence-corrected chi connectivity index (χ4v) is 3.22. The summed E-state index contributed by atoms with van der Waals surface area (Å²) in [5.41, 5.74) is 0.235. The molecule has 1 amide bonds. The first-order valence-electron chi connectivity index (χ1n) is 8.73. The van der Waals surface area contributed by atoms with E-state index in [1.807, 2.05) is 44.2 Å². The number of ether oxygens (including phenoxy) is 2. The third-order valence-electron chi connectivity index (χ3n) is 4.27. The second-order valence-corrected chi connectivity index (χ2v) is 7.19. The normalized spacial score (nSPS) is 19.4. The van der Waals surface area contributed by atoms with E-state index in [1.54, 1.807) is 17.9 Å². The van der Waals surface area contributed by atoms with Gasteiger partial charge in [-0.05, 0) is 39.0 Å². The molecule has 26 heavy (non-hydrogen) atoms. The van der Waals surface area contributed by atoms with E-state index in [1.165, 1.54) is 0 Å². The van der Waals surface area contributed by atoms with Crippen LogP contribution in [0.25, 0.3) is 0 Å². The summed E-state index contributed by atoms with van der Waals surface area (Å²) in [6, 6.07) is 11.2. The van der Waals surface area contributed by atoms with Crippen LogP contribution in [0.5, 0.6) is 5.75 Å². The molecule has 1 saturated heterocycles. The monoisotopic (exact) mass is 359 g/mol. The summed E-state index contributed by atoms with van der Waals surface area (Å²) >= 11 is 0. The molecule has 3 rings (SSSR count). The van der Waals surface area contributed by atoms with Gasteiger partial charge in [-0.3, -0.25) is 4.79 Å². The van der Waals surface area contributed by atoms with Crippen molar-refractivity contribution in [3.05, 3.63) is 53.5 Å². The second-order valence-electron chi connectivity index (χ2n) is 7.19. The van der Waals surface area contributed by atoms with Crippen LogP contribution in [0.1, 0.15) is 35.7 Å². The number of hydrogen-bond acceptors (Lipinski definition) is 5. The summed E-state index contributed by atoms with van der Waals surface area (Å²) in [6.07, 6.45) is -0.240. The quantitative estimate of drug-likeness (QED) is 0.889. The summed E-state index contributed by atoms with van der Waals surface area (Å²) in [6.45, 7) is 6.72. The lowest BCUT2D eigenvalue weighted by Gasteiger charge is -2.42. The third kappa shape index (κ3) is 4.26. The fraction of sp³-hybridized carbons (Fsp3) is 0.450. The van der Waals surface area contributed by atoms with Gasteiger partial charge in [0, 0.05) is 12.1 Å². The molecule has 0 unspecified atom stereocenters. The van der Waals surface area contributed by atoms with Crippen LogP contribution < -0.4 is 4.74 Å². The predicted molar refractivity (Wildman–Crippen MR) is 96.2 cm³/mol. The largest absolute Gasteiger partial charge is 0.491 e. The summed E-state index contributed by atoms with van der Waals surface area (Å²) < 4.78 is 17.4. The zero-order valence-electron chi connectivity index (χ0n) is 15.4. The number of aryl methyl sites for hydroxylation is 1. The molecule has 140 valence electrons. The van der Waals surface area contributed by atoms with E-state index in [4.69, 9.17) is 13.9 Å². The van der Waals surface area contributed by atoms with E-state index in [0.29, 0.717) is 25.5 Å². The summed E-state index contributed by atoms with van der Waals surface area (Å²) in [5, 5.41) is 9.22. The number of amides is 1. The molecule has 0 aliphatic carbocycles. The van der Waals surface area contributed by atoms with Crippen LogP contribution in [0.15, 0.2) is 40.8 Å². The Morgan fingerprint density at radius 2 is 2.08 bits per heavy atom. The Kier molecular flexibility index (Phi) is 5.34. The first-order valence-corrected chi connectivity index (χ1v) is 8.73. The Labute approximate surface area is 153 Å². The Morgan fingerprint density at radius 3 is 2.73 bits per heavy atom. The molecule has 1 aliphatic rings. The number of benzene rings is 1. The molecular formula is C20H25NO5. The Morgan fingerprint density at radius 1 is 1.35 bits per heavy atom. The lowest BCUT2D eigenvalue weighted by Crippen LogP contribution is -2.56. The standard InChI is InChI=1S/C20H25NO5/c1-14-9-16(11-22)25-18(14)19(23)21-10-17(26-20(2,3)13-21)12-24-15-7-5-4-6-8-15/h4-9,17,22H,10-13H2,1-3H3/t17-/m1/s1. The van der Waals surface area contributed by atoms with Crippen LogP contribution in [0.4, 0.5) is 0 Å². The third-order valence-corrected chi connectivity index (χ3v) is 4.27. The highest BCUT2D eigenvalue weighted by atomic mass is 16.5. The van der Waals surface area contributed by atoms with Crippen molar-refractivity contribution in [2.75, 3.05) is 19.7 Å². The van der Waals surface area contributed by atoms with Gasteiger partial charge in [0.25, 0.3) is 5.91 Å². The molecule has 1 atom stereocenters. The Balaban J connectivity index is 1.70. The van der Waals surface area contributed by atoms with Crippen molar-refractivity contribution in [1.82, 2.24) is 4.90 Å². The van der Waals surface area contributed by atoms with Crippen molar-refractivity contribution in [2.45, 2.75) is 39.1 Å². The molecule has 2 heterocycles. The van der Waals surface area contributed by atoms with Gasteiger partial charge in [-0.1, -0.05) is 18.2 Å². The van der Waals surface area contributed by atoms with Gasteiger partial charge in [0.2, 0.25) is 0 Å². The first kappa shape index (κ1) is 18.5. The molecule has 0 spiro atoms. The summed E-state index contributed by atoms with van der Waals surface area (Å²) in [7, 11) is 0. The molecule has 1 aliphatic heterocycles. The van der Waals surface area contributed by atoms with E-state index in [9.17, 15) is 9.90 Å². The SMILES string of the molecule is Cc1cc(CO)oc1C(=O)N1C[C@H](COc2ccccc2)OC(C)(C)C1. The Hall–Kier alpha value is -2.31. The van der Waals surface area contributed by atoms with Crippen LogP contribution >= 0.6 is 0 Å². The highest BCUT2D eigenvalue weighted by Gasteiger charge is 2.37. The number of rotatable bonds is 5. The number of aliphatic hydroxyl groups is 1. The van der Waals surface area contributed by atoms with Crippen molar-refractivity contribution in [3.8, 4) is 5.75 Å². The number of hydrogen-bond donors (Lipinski definition) is 1. The minimum atomic E-state index is -0.487. The minimum Gasteiger partial charge on any atom is -0.491 e. The molecule has 6 heteroatoms. The Bertz CT molecular complexity index is 753. The van der Waals surface area contributed by atoms with Crippen molar-refractivity contribution in [2.24, 2.45) is 0 Å². The average Bonchev–Trinajstić information content (AvgIpc) is 3.00. The van der Waals surface area contributed by atoms with Gasteiger partial charge >= 0.3 is 0 Å². The van der Waals surface area contributed by atoms with Gasteiger partial charge in [0.1, 0.15) is 30.8 Å². The number of morpholine rings is 1. The van der Waals surface area contributed by atoms with Crippen LogP contribution in [-0.4, -0.2) is 47.3 Å². The molecule has 0 saturated carbocycles. The zero-order chi connectivity index (χ0) is 18.7. The van der Waals surface area contributed by atoms with Gasteiger partial charge in [-0.15, -0.1) is 0 Å². The van der Waals surface area contributed by atoms with Crippen molar-refractivity contribution < 1.29 is 23.8 Å². The number of carbonyl (C=O) groups excluding carboxylic acids is 1. The maximum Gasteiger partial charge on any atom is 0.290 e. The molecule has 2 aromatic rings. The maximum atomic E-state index is 12.9. The molecule has 6 nitrogen and oxygen atoms in total. The van der Waals surface area contributed by atoms with Crippen molar-refractivity contribution >= 4 is 5.91 Å². The van der Waals surface area contributed by atoms with Crippen LogP contribution in [-0.2, 0) is 11.3 Å². The van der Waals surface area contributed by atoms with E-state index < -0.39 is 5.60 Å². The van der Waals surface area contributed by atoms with Crippen LogP contribution in [0.2, 0.25) is 0 Å². The van der Waals surface area contributed by atoms with E-state index in [-0.39, 0.29) is 24.4 Å². The number of nitrogens with zero attached hydrogens (tertiary/aromatic N) is 1. The van der Waals surface area contributed by atoms with Gasteiger partial charge in [-0.2, -0.15) is 0 Å². The lowest BCUT2D eigenvalue weighted by molar-refractivity contribution is -0.137. The minimum absolute atomic E-state index is 0.191. The van der Waals surface area contributed by atoms with Gasteiger partial charge < -0.3 is 23.9 Å². The van der Waals surface area contributed by atoms with Crippen molar-refractivity contribution in [3.63, 3.8) is 0 Å². The van der Waals surface area contributed by atoms with E-state index >= 15 is 0 Å². The number of aliphatic hydroxyl groups excluding tert-OH is 1. The fourth-order valence-electron chi connectivity index (χ4n) is 3.22. The van der Waals surface area contributed by atoms with Gasteiger partial charge in [0.05, 0.1) is 12.1 Å². The van der Waals surface area contributed by atoms with E-state index in [2.05, 4.69) is 0 Å². The second kappa shape index (κ2) is 7.51. The molecule has 1 aromatic carbocycles. The summed E-state index contributed by atoms with van der Waals surface area (Å²) in [5.74, 6) is 1.24. The molecular weight excluding hydrogens is 334 g/mol. The van der Waals surface area contributed by atoms with Gasteiger partial charge in [0.15, 0.2) is 5.76 Å². The highest BCUT2D eigenvalue weighted by molar-refractivity contribution is 5.93. The zero-order valence-corrected chi connectivity index (χ0v) is 15.4. The molecule has 0 bridgehead atoms.